The first-order chi connectivity index (χ1) is 9.11. The van der Waals surface area contributed by atoms with Crippen LogP contribution < -0.4 is 5.32 Å². The van der Waals surface area contributed by atoms with Crippen molar-refractivity contribution in [3.63, 3.8) is 0 Å². The molecular formula is C13H10ClN3O2. The van der Waals surface area contributed by atoms with Gasteiger partial charge in [0.15, 0.2) is 11.6 Å². The van der Waals surface area contributed by atoms with Gasteiger partial charge >= 0.3 is 0 Å². The first-order valence-corrected chi connectivity index (χ1v) is 6.00. The number of halogens is 1. The van der Waals surface area contributed by atoms with Crippen LogP contribution in [0.3, 0.4) is 0 Å². The van der Waals surface area contributed by atoms with E-state index in [1.807, 2.05) is 0 Å². The van der Waals surface area contributed by atoms with E-state index >= 15 is 0 Å². The Labute approximate surface area is 113 Å². The van der Waals surface area contributed by atoms with Crippen LogP contribution in [0.2, 0.25) is 5.02 Å². The van der Waals surface area contributed by atoms with Crippen LogP contribution in [0.5, 0.6) is 0 Å². The van der Waals surface area contributed by atoms with Crippen molar-refractivity contribution in [3.05, 3.63) is 47.3 Å². The van der Waals surface area contributed by atoms with Gasteiger partial charge in [-0.3, -0.25) is 9.48 Å². The predicted molar refractivity (Wildman–Crippen MR) is 72.4 cm³/mol. The second-order valence-electron chi connectivity index (χ2n) is 4.12. The maximum absolute atomic E-state index is 12.0. The van der Waals surface area contributed by atoms with Gasteiger partial charge in [-0.1, -0.05) is 11.6 Å². The van der Waals surface area contributed by atoms with E-state index < -0.39 is 0 Å². The fourth-order valence-electron chi connectivity index (χ4n) is 1.79. The Morgan fingerprint density at radius 1 is 1.37 bits per heavy atom. The van der Waals surface area contributed by atoms with Crippen LogP contribution in [0, 0.1) is 0 Å². The maximum Gasteiger partial charge on any atom is 0.292 e. The van der Waals surface area contributed by atoms with Gasteiger partial charge in [-0.05, 0) is 24.3 Å². The van der Waals surface area contributed by atoms with E-state index in [2.05, 4.69) is 10.4 Å². The summed E-state index contributed by atoms with van der Waals surface area (Å²) in [7, 11) is 1.78. The van der Waals surface area contributed by atoms with E-state index in [4.69, 9.17) is 16.0 Å². The molecule has 0 aliphatic rings. The molecule has 6 heteroatoms. The van der Waals surface area contributed by atoms with Gasteiger partial charge in [-0.25, -0.2) is 0 Å². The normalized spacial score (nSPS) is 10.8. The average molecular weight is 276 g/mol. The molecule has 1 N–H and O–H groups in total. The molecule has 3 rings (SSSR count). The Morgan fingerprint density at radius 3 is 2.95 bits per heavy atom. The molecule has 0 saturated carbocycles. The molecule has 0 unspecified atom stereocenters. The number of hydrogen-bond donors (Lipinski definition) is 1. The molecule has 2 heterocycles. The number of aryl methyl sites for hydroxylation is 1. The van der Waals surface area contributed by atoms with E-state index in [-0.39, 0.29) is 11.7 Å². The SMILES string of the molecule is Cn1ccc(NC(=O)c2cc3cc(Cl)ccc3o2)n1. The van der Waals surface area contributed by atoms with Crippen molar-refractivity contribution in [1.29, 1.82) is 0 Å². The van der Waals surface area contributed by atoms with E-state index in [1.54, 1.807) is 48.3 Å². The maximum atomic E-state index is 12.0. The second kappa shape index (κ2) is 4.44. The molecule has 0 atom stereocenters. The summed E-state index contributed by atoms with van der Waals surface area (Å²) in [4.78, 5) is 12.0. The highest BCUT2D eigenvalue weighted by Crippen LogP contribution is 2.23. The number of hydrogen-bond acceptors (Lipinski definition) is 3. The lowest BCUT2D eigenvalue weighted by Crippen LogP contribution is -2.11. The van der Waals surface area contributed by atoms with Crippen LogP contribution in [0.25, 0.3) is 11.0 Å². The molecule has 0 saturated heterocycles. The van der Waals surface area contributed by atoms with Crippen molar-refractivity contribution in [2.45, 2.75) is 0 Å². The average Bonchev–Trinajstić information content (AvgIpc) is 2.95. The quantitative estimate of drug-likeness (QED) is 0.782. The summed E-state index contributed by atoms with van der Waals surface area (Å²) in [6.07, 6.45) is 1.74. The highest BCUT2D eigenvalue weighted by molar-refractivity contribution is 6.31. The van der Waals surface area contributed by atoms with Gasteiger partial charge in [0.05, 0.1) is 0 Å². The van der Waals surface area contributed by atoms with Crippen LogP contribution >= 0.6 is 11.6 Å². The fourth-order valence-corrected chi connectivity index (χ4v) is 1.97. The highest BCUT2D eigenvalue weighted by Gasteiger charge is 2.13. The number of benzene rings is 1. The number of nitrogens with zero attached hydrogens (tertiary/aromatic N) is 2. The molecule has 0 fully saturated rings. The number of amides is 1. The zero-order chi connectivity index (χ0) is 13.4. The van der Waals surface area contributed by atoms with Crippen LogP contribution in [-0.4, -0.2) is 15.7 Å². The van der Waals surface area contributed by atoms with Crippen molar-refractivity contribution in [1.82, 2.24) is 9.78 Å². The first-order valence-electron chi connectivity index (χ1n) is 5.62. The number of nitrogens with one attached hydrogen (secondary N) is 1. The molecule has 3 aromatic rings. The highest BCUT2D eigenvalue weighted by atomic mass is 35.5. The molecule has 0 radical (unpaired) electrons. The number of fused-ring (bicyclic) bond motifs is 1. The smallest absolute Gasteiger partial charge is 0.292 e. The minimum Gasteiger partial charge on any atom is -0.451 e. The lowest BCUT2D eigenvalue weighted by Gasteiger charge is -1.97. The monoisotopic (exact) mass is 275 g/mol. The van der Waals surface area contributed by atoms with Crippen LogP contribution in [0.15, 0.2) is 40.9 Å². The topological polar surface area (TPSA) is 60.1 Å². The van der Waals surface area contributed by atoms with Gasteiger partial charge in [0.2, 0.25) is 0 Å². The Bertz CT molecular complexity index is 760. The van der Waals surface area contributed by atoms with Gasteiger partial charge < -0.3 is 9.73 Å². The molecule has 5 nitrogen and oxygen atoms in total. The molecule has 96 valence electrons. The number of carbonyl (C=O) groups is 1. The minimum absolute atomic E-state index is 0.225. The summed E-state index contributed by atoms with van der Waals surface area (Å²) in [5.41, 5.74) is 0.621. The number of rotatable bonds is 2. The minimum atomic E-state index is -0.342. The standard InChI is InChI=1S/C13H10ClN3O2/c1-17-5-4-12(16-17)15-13(18)11-7-8-6-9(14)2-3-10(8)19-11/h2-7H,1H3,(H,15,16,18). The summed E-state index contributed by atoms with van der Waals surface area (Å²) >= 11 is 5.89. The van der Waals surface area contributed by atoms with E-state index in [0.717, 1.165) is 5.39 Å². The Morgan fingerprint density at radius 2 is 2.21 bits per heavy atom. The summed E-state index contributed by atoms with van der Waals surface area (Å²) in [5.74, 6) is 0.361. The largest absolute Gasteiger partial charge is 0.451 e. The molecule has 0 aliphatic heterocycles. The third-order valence-electron chi connectivity index (χ3n) is 2.66. The van der Waals surface area contributed by atoms with E-state index in [9.17, 15) is 4.79 Å². The zero-order valence-electron chi connectivity index (χ0n) is 10.1. The first kappa shape index (κ1) is 11.8. The Balaban J connectivity index is 1.89. The summed E-state index contributed by atoms with van der Waals surface area (Å²) in [6.45, 7) is 0. The second-order valence-corrected chi connectivity index (χ2v) is 4.56. The summed E-state index contributed by atoms with van der Waals surface area (Å²) in [6, 6.07) is 8.55. The number of aromatic nitrogens is 2. The summed E-state index contributed by atoms with van der Waals surface area (Å²) < 4.78 is 7.06. The molecule has 0 spiro atoms. The summed E-state index contributed by atoms with van der Waals surface area (Å²) in [5, 5.41) is 8.12. The molecule has 2 aromatic heterocycles. The fraction of sp³-hybridized carbons (Fsp3) is 0.0769. The lowest BCUT2D eigenvalue weighted by molar-refractivity contribution is 0.0998. The van der Waals surface area contributed by atoms with Gasteiger partial charge in [0, 0.05) is 29.7 Å². The third kappa shape index (κ3) is 2.32. The number of anilines is 1. The van der Waals surface area contributed by atoms with Crippen LogP contribution in [0.4, 0.5) is 5.82 Å². The van der Waals surface area contributed by atoms with Crippen molar-refractivity contribution in [2.24, 2.45) is 7.05 Å². The molecule has 1 aromatic carbocycles. The third-order valence-corrected chi connectivity index (χ3v) is 2.89. The predicted octanol–water partition coefficient (Wildman–Crippen LogP) is 3.07. The van der Waals surface area contributed by atoms with Gasteiger partial charge in [0.25, 0.3) is 5.91 Å². The molecule has 19 heavy (non-hydrogen) atoms. The number of carbonyl (C=O) groups excluding carboxylic acids is 1. The van der Waals surface area contributed by atoms with Crippen molar-refractivity contribution < 1.29 is 9.21 Å². The van der Waals surface area contributed by atoms with E-state index in [0.29, 0.717) is 16.4 Å². The Hall–Kier alpha value is -2.27. The van der Waals surface area contributed by atoms with Gasteiger partial charge in [-0.15, -0.1) is 0 Å². The molecule has 0 aliphatic carbocycles. The zero-order valence-corrected chi connectivity index (χ0v) is 10.8. The van der Waals surface area contributed by atoms with Crippen molar-refractivity contribution >= 4 is 34.3 Å². The van der Waals surface area contributed by atoms with E-state index in [1.165, 1.54) is 0 Å². The van der Waals surface area contributed by atoms with Gasteiger partial charge in [0.1, 0.15) is 5.58 Å². The van der Waals surface area contributed by atoms with Crippen molar-refractivity contribution in [3.8, 4) is 0 Å². The number of furan rings is 1. The van der Waals surface area contributed by atoms with Crippen LogP contribution in [-0.2, 0) is 7.05 Å². The lowest BCUT2D eigenvalue weighted by atomic mass is 10.2. The molecular weight excluding hydrogens is 266 g/mol. The molecule has 1 amide bonds. The Kier molecular flexibility index (Phi) is 2.76. The van der Waals surface area contributed by atoms with Gasteiger partial charge in [-0.2, -0.15) is 5.10 Å². The van der Waals surface area contributed by atoms with Crippen molar-refractivity contribution in [2.75, 3.05) is 5.32 Å². The van der Waals surface area contributed by atoms with Crippen LogP contribution in [0.1, 0.15) is 10.6 Å². The molecule has 0 bridgehead atoms.